The minimum absolute atomic E-state index is 0.0681. The van der Waals surface area contributed by atoms with E-state index in [9.17, 15) is 9.00 Å². The molecule has 0 bridgehead atoms. The van der Waals surface area contributed by atoms with E-state index >= 15 is 0 Å². The van der Waals surface area contributed by atoms with Crippen molar-refractivity contribution in [3.05, 3.63) is 11.8 Å². The largest absolute Gasteiger partial charge is 0.477 e. The van der Waals surface area contributed by atoms with Crippen molar-refractivity contribution in [2.45, 2.75) is 12.5 Å². The molecule has 0 spiro atoms. The van der Waals surface area contributed by atoms with Crippen LogP contribution in [0.2, 0.25) is 0 Å². The van der Waals surface area contributed by atoms with E-state index in [1.54, 1.807) is 4.90 Å². The van der Waals surface area contributed by atoms with Crippen LogP contribution in [0.4, 0.5) is 0 Å². The summed E-state index contributed by atoms with van der Waals surface area (Å²) in [5, 5.41) is 8.71. The van der Waals surface area contributed by atoms with E-state index in [-0.39, 0.29) is 11.7 Å². The molecule has 64 valence electrons. The standard InChI is InChI=1S/C7H7NO3S/c9-7(10)5-3-6(12-11)4-1-2-8(4)5/h3-4H,1-2H2,(H,9,10). The zero-order valence-electron chi connectivity index (χ0n) is 6.19. The third-order valence-electron chi connectivity index (χ3n) is 2.25. The molecule has 2 rings (SSSR count). The number of carboxylic acids is 1. The van der Waals surface area contributed by atoms with E-state index < -0.39 is 5.97 Å². The quantitative estimate of drug-likeness (QED) is 0.556. The van der Waals surface area contributed by atoms with Crippen molar-refractivity contribution in [3.8, 4) is 0 Å². The lowest BCUT2D eigenvalue weighted by Gasteiger charge is -2.37. The number of hydrogen-bond donors (Lipinski definition) is 1. The molecule has 1 saturated heterocycles. The van der Waals surface area contributed by atoms with E-state index in [0.29, 0.717) is 16.1 Å². The predicted octanol–water partition coefficient (Wildman–Crippen LogP) is -0.572. The van der Waals surface area contributed by atoms with E-state index in [1.807, 2.05) is 0 Å². The van der Waals surface area contributed by atoms with Crippen LogP contribution in [0.1, 0.15) is 6.42 Å². The maximum absolute atomic E-state index is 10.6. The van der Waals surface area contributed by atoms with E-state index in [2.05, 4.69) is 0 Å². The Hall–Kier alpha value is -1.10. The van der Waals surface area contributed by atoms with E-state index in [0.717, 1.165) is 13.0 Å². The lowest BCUT2D eigenvalue weighted by molar-refractivity contribution is -0.135. The molecule has 2 heterocycles. The van der Waals surface area contributed by atoms with Crippen molar-refractivity contribution in [1.82, 2.24) is 4.90 Å². The molecular formula is C7H7NO3S. The van der Waals surface area contributed by atoms with Crippen LogP contribution in [0.15, 0.2) is 11.8 Å². The molecule has 0 aromatic heterocycles. The van der Waals surface area contributed by atoms with Gasteiger partial charge in [-0.1, -0.05) is 0 Å². The second-order valence-electron chi connectivity index (χ2n) is 2.82. The molecule has 0 aliphatic carbocycles. The van der Waals surface area contributed by atoms with Gasteiger partial charge in [-0.2, -0.15) is 0 Å². The lowest BCUT2D eigenvalue weighted by Crippen LogP contribution is -2.47. The minimum Gasteiger partial charge on any atom is -0.477 e. The van der Waals surface area contributed by atoms with Crippen molar-refractivity contribution in [2.24, 2.45) is 0 Å². The summed E-state index contributed by atoms with van der Waals surface area (Å²) in [6, 6.07) is 0.0681. The molecule has 2 aliphatic rings. The molecule has 0 aromatic carbocycles. The first-order valence-electron chi connectivity index (χ1n) is 3.62. The molecule has 2 aliphatic heterocycles. The summed E-state index contributed by atoms with van der Waals surface area (Å²) >= 11 is 0.402. The van der Waals surface area contributed by atoms with Crippen molar-refractivity contribution < 1.29 is 14.1 Å². The smallest absolute Gasteiger partial charge is 0.352 e. The van der Waals surface area contributed by atoms with Crippen LogP contribution >= 0.6 is 0 Å². The Labute approximate surface area is 72.6 Å². The van der Waals surface area contributed by atoms with Gasteiger partial charge in [0.2, 0.25) is 0 Å². The van der Waals surface area contributed by atoms with Crippen LogP contribution in [0, 0.1) is 0 Å². The maximum atomic E-state index is 10.6. The monoisotopic (exact) mass is 185 g/mol. The van der Waals surface area contributed by atoms with Crippen LogP contribution in [0.3, 0.4) is 0 Å². The fourth-order valence-electron chi connectivity index (χ4n) is 1.55. The Balaban J connectivity index is 2.37. The number of carboxylic acid groups (broad SMARTS) is 1. The van der Waals surface area contributed by atoms with Crippen LogP contribution < -0.4 is 0 Å². The highest BCUT2D eigenvalue weighted by atomic mass is 32.1. The molecule has 1 atom stereocenters. The summed E-state index contributed by atoms with van der Waals surface area (Å²) in [6.07, 6.45) is 2.38. The second kappa shape index (κ2) is 2.45. The van der Waals surface area contributed by atoms with Crippen molar-refractivity contribution in [1.29, 1.82) is 0 Å². The molecule has 1 N–H and O–H groups in total. The van der Waals surface area contributed by atoms with Gasteiger partial charge in [0.05, 0.1) is 22.2 Å². The first kappa shape index (κ1) is 7.54. The van der Waals surface area contributed by atoms with Crippen molar-refractivity contribution in [3.63, 3.8) is 0 Å². The summed E-state index contributed by atoms with van der Waals surface area (Å²) in [6.45, 7) is 0.757. The summed E-state index contributed by atoms with van der Waals surface area (Å²) in [7, 11) is 0. The molecule has 1 unspecified atom stereocenters. The van der Waals surface area contributed by atoms with Gasteiger partial charge in [0, 0.05) is 6.54 Å². The molecule has 5 heteroatoms. The predicted molar refractivity (Wildman–Crippen MR) is 44.0 cm³/mol. The van der Waals surface area contributed by atoms with Gasteiger partial charge in [-0.3, -0.25) is 0 Å². The molecule has 0 amide bonds. The van der Waals surface area contributed by atoms with Gasteiger partial charge in [-0.25, -0.2) is 9.00 Å². The summed E-state index contributed by atoms with van der Waals surface area (Å²) < 4.78 is 10.5. The Bertz CT molecular complexity index is 330. The zero-order chi connectivity index (χ0) is 8.72. The average molecular weight is 185 g/mol. The topological polar surface area (TPSA) is 57.6 Å². The Morgan fingerprint density at radius 3 is 2.75 bits per heavy atom. The minimum atomic E-state index is -0.941. The zero-order valence-corrected chi connectivity index (χ0v) is 7.00. The Kier molecular flexibility index (Phi) is 1.54. The molecular weight excluding hydrogens is 178 g/mol. The van der Waals surface area contributed by atoms with Crippen LogP contribution in [0.25, 0.3) is 0 Å². The summed E-state index contributed by atoms with van der Waals surface area (Å²) in [4.78, 5) is 13.0. The van der Waals surface area contributed by atoms with Crippen LogP contribution in [-0.4, -0.2) is 37.6 Å². The Morgan fingerprint density at radius 2 is 2.50 bits per heavy atom. The fourth-order valence-corrected chi connectivity index (χ4v) is 2.07. The van der Waals surface area contributed by atoms with Gasteiger partial charge in [0.15, 0.2) is 0 Å². The van der Waals surface area contributed by atoms with Gasteiger partial charge >= 0.3 is 5.97 Å². The highest BCUT2D eigenvalue weighted by Gasteiger charge is 2.40. The van der Waals surface area contributed by atoms with E-state index in [1.165, 1.54) is 6.08 Å². The lowest BCUT2D eigenvalue weighted by atomic mass is 10.0. The van der Waals surface area contributed by atoms with Gasteiger partial charge in [-0.15, -0.1) is 0 Å². The number of rotatable bonds is 1. The number of nitrogens with zero attached hydrogens (tertiary/aromatic N) is 1. The van der Waals surface area contributed by atoms with Crippen LogP contribution in [-0.2, 0) is 16.1 Å². The second-order valence-corrected chi connectivity index (χ2v) is 3.46. The first-order chi connectivity index (χ1) is 5.74. The number of aliphatic carboxylic acids is 1. The highest BCUT2D eigenvalue weighted by Crippen LogP contribution is 2.30. The maximum Gasteiger partial charge on any atom is 0.352 e. The molecule has 0 aromatic rings. The van der Waals surface area contributed by atoms with Crippen LogP contribution in [0.5, 0.6) is 0 Å². The van der Waals surface area contributed by atoms with Gasteiger partial charge in [0.1, 0.15) is 5.70 Å². The van der Waals surface area contributed by atoms with E-state index in [4.69, 9.17) is 5.11 Å². The third-order valence-corrected chi connectivity index (χ3v) is 2.83. The molecule has 1 fully saturated rings. The van der Waals surface area contributed by atoms with Gasteiger partial charge in [0.25, 0.3) is 0 Å². The van der Waals surface area contributed by atoms with Gasteiger partial charge in [-0.05, 0) is 12.5 Å². The van der Waals surface area contributed by atoms with Gasteiger partial charge < -0.3 is 10.0 Å². The SMILES string of the molecule is O=S=C1C=C(C(=O)O)N2CCC12. The molecule has 0 radical (unpaired) electrons. The molecule has 12 heavy (non-hydrogen) atoms. The average Bonchev–Trinajstić information content (AvgIpc) is 2.22. The summed E-state index contributed by atoms with van der Waals surface area (Å²) in [5.74, 6) is -0.941. The Morgan fingerprint density at radius 1 is 1.75 bits per heavy atom. The highest BCUT2D eigenvalue weighted by molar-refractivity contribution is 7.67. The number of fused-ring (bicyclic) bond motifs is 1. The molecule has 0 saturated carbocycles. The number of carbonyl (C=O) groups is 1. The number of hydrogen-bond acceptors (Lipinski definition) is 3. The van der Waals surface area contributed by atoms with Crippen molar-refractivity contribution >= 4 is 22.1 Å². The fraction of sp³-hybridized carbons (Fsp3) is 0.429. The first-order valence-corrected chi connectivity index (χ1v) is 4.36. The van der Waals surface area contributed by atoms with Crippen molar-refractivity contribution in [2.75, 3.05) is 6.54 Å². The molecule has 4 nitrogen and oxygen atoms in total. The third kappa shape index (κ3) is 0.828. The summed E-state index contributed by atoms with van der Waals surface area (Å²) in [5.41, 5.74) is 0.268. The normalized spacial score (nSPS) is 26.0.